The highest BCUT2D eigenvalue weighted by molar-refractivity contribution is 5.76. The van der Waals surface area contributed by atoms with Crippen molar-refractivity contribution in [2.24, 2.45) is 5.92 Å². The van der Waals surface area contributed by atoms with Gasteiger partial charge in [0.1, 0.15) is 6.04 Å². The van der Waals surface area contributed by atoms with E-state index >= 15 is 0 Å². The van der Waals surface area contributed by atoms with E-state index < -0.39 is 18.4 Å². The second-order valence-electron chi connectivity index (χ2n) is 6.99. The highest BCUT2D eigenvalue weighted by Crippen LogP contribution is 2.32. The molecule has 1 amide bonds. The number of nitrogens with zero attached hydrogens (tertiary/aromatic N) is 1. The fraction of sp³-hybridized carbons (Fsp3) is 0.600. The van der Waals surface area contributed by atoms with E-state index in [-0.39, 0.29) is 30.9 Å². The zero-order chi connectivity index (χ0) is 19.8. The van der Waals surface area contributed by atoms with Gasteiger partial charge in [0.25, 0.3) is 0 Å². The number of rotatable bonds is 9. The van der Waals surface area contributed by atoms with Crippen LogP contribution in [0, 0.1) is 5.92 Å². The summed E-state index contributed by atoms with van der Waals surface area (Å²) in [5, 5.41) is 12.6. The number of nitrogens with one attached hydrogen (secondary N) is 1. The molecule has 6 nitrogen and oxygen atoms in total. The van der Waals surface area contributed by atoms with Crippen LogP contribution in [0.4, 0.5) is 4.39 Å². The van der Waals surface area contributed by atoms with Gasteiger partial charge in [-0.3, -0.25) is 14.5 Å². The van der Waals surface area contributed by atoms with E-state index in [9.17, 15) is 19.1 Å². The fourth-order valence-electron chi connectivity index (χ4n) is 3.55. The largest absolute Gasteiger partial charge is 0.430 e. The van der Waals surface area contributed by atoms with Crippen LogP contribution in [0.2, 0.25) is 0 Å². The predicted molar refractivity (Wildman–Crippen MR) is 99.3 cm³/mol. The van der Waals surface area contributed by atoms with Gasteiger partial charge in [0.15, 0.2) is 0 Å². The molecule has 2 rings (SSSR count). The number of hydrogen-bond acceptors (Lipinski definition) is 5. The number of ether oxygens (including phenoxy) is 1. The van der Waals surface area contributed by atoms with E-state index in [2.05, 4.69) is 5.32 Å². The molecule has 0 aliphatic carbocycles. The number of hydrogen-bond donors (Lipinski definition) is 2. The number of esters is 1. The second kappa shape index (κ2) is 10.4. The molecule has 4 atom stereocenters. The van der Waals surface area contributed by atoms with Crippen LogP contribution in [-0.4, -0.2) is 53.5 Å². The Balaban J connectivity index is 2.20. The van der Waals surface area contributed by atoms with E-state index in [4.69, 9.17) is 4.74 Å². The van der Waals surface area contributed by atoms with Crippen molar-refractivity contribution >= 4 is 11.9 Å². The number of carbonyl (C=O) groups is 2. The second-order valence-corrected chi connectivity index (χ2v) is 6.99. The van der Waals surface area contributed by atoms with Crippen molar-refractivity contribution in [2.45, 2.75) is 58.1 Å². The number of aliphatic hydroxyl groups excluding tert-OH is 1. The van der Waals surface area contributed by atoms with Gasteiger partial charge in [-0.1, -0.05) is 37.3 Å². The Morgan fingerprint density at radius 2 is 2.07 bits per heavy atom. The minimum absolute atomic E-state index is 0.118. The minimum atomic E-state index is -1.62. The molecular formula is C20H29FN2O4. The number of alkyl halides is 1. The summed E-state index contributed by atoms with van der Waals surface area (Å²) in [4.78, 5) is 25.9. The summed E-state index contributed by atoms with van der Waals surface area (Å²) < 4.78 is 18.8. The van der Waals surface area contributed by atoms with Crippen molar-refractivity contribution in [1.82, 2.24) is 10.2 Å². The molecule has 1 fully saturated rings. The third-order valence-electron chi connectivity index (χ3n) is 4.93. The zero-order valence-corrected chi connectivity index (χ0v) is 15.9. The summed E-state index contributed by atoms with van der Waals surface area (Å²) in [6.45, 7) is 3.89. The highest BCUT2D eigenvalue weighted by Gasteiger charge is 2.45. The molecule has 1 heterocycles. The molecule has 150 valence electrons. The summed E-state index contributed by atoms with van der Waals surface area (Å²) >= 11 is 0. The van der Waals surface area contributed by atoms with E-state index in [1.54, 1.807) is 0 Å². The Morgan fingerprint density at radius 1 is 1.37 bits per heavy atom. The van der Waals surface area contributed by atoms with Crippen LogP contribution >= 0.6 is 0 Å². The van der Waals surface area contributed by atoms with Gasteiger partial charge in [-0.2, -0.15) is 0 Å². The summed E-state index contributed by atoms with van der Waals surface area (Å²) in [5.74, 6) is -0.998. The smallest absolute Gasteiger partial charge is 0.325 e. The SMILES string of the molecule is CCCC(F)OC(=O)[C@H]1C[C@@H](CO)[C@H](CNC(C)=O)N1Cc1ccccc1. The molecule has 27 heavy (non-hydrogen) atoms. The first-order chi connectivity index (χ1) is 13.0. The lowest BCUT2D eigenvalue weighted by molar-refractivity contribution is -0.164. The summed E-state index contributed by atoms with van der Waals surface area (Å²) in [6.07, 6.45) is -0.513. The normalized spacial score (nSPS) is 23.8. The van der Waals surface area contributed by atoms with Crippen molar-refractivity contribution < 1.29 is 23.8 Å². The number of amides is 1. The molecule has 1 saturated heterocycles. The first-order valence-electron chi connectivity index (χ1n) is 9.45. The van der Waals surface area contributed by atoms with Gasteiger partial charge < -0.3 is 15.2 Å². The first kappa shape index (κ1) is 21.3. The van der Waals surface area contributed by atoms with Crippen LogP contribution in [0.5, 0.6) is 0 Å². The molecule has 0 aromatic heterocycles. The summed E-state index contributed by atoms with van der Waals surface area (Å²) in [6, 6.07) is 8.71. The molecule has 1 aromatic carbocycles. The van der Waals surface area contributed by atoms with E-state index in [0.29, 0.717) is 25.9 Å². The Hall–Kier alpha value is -1.99. The van der Waals surface area contributed by atoms with Crippen LogP contribution < -0.4 is 5.32 Å². The van der Waals surface area contributed by atoms with Gasteiger partial charge in [0, 0.05) is 45.0 Å². The zero-order valence-electron chi connectivity index (χ0n) is 15.9. The standard InChI is InChI=1S/C20H29FN2O4/c1-3-7-19(21)27-20(26)17-10-16(13-24)18(11-22-14(2)25)23(17)12-15-8-5-4-6-9-15/h4-6,8-9,16-19,24H,3,7,10-13H2,1-2H3,(H,22,25)/t16-,17+,18-,19?/m0/s1. The minimum Gasteiger partial charge on any atom is -0.430 e. The van der Waals surface area contributed by atoms with Crippen molar-refractivity contribution in [3.05, 3.63) is 35.9 Å². The third-order valence-corrected chi connectivity index (χ3v) is 4.93. The monoisotopic (exact) mass is 380 g/mol. The van der Waals surface area contributed by atoms with E-state index in [1.807, 2.05) is 42.2 Å². The topological polar surface area (TPSA) is 78.9 Å². The van der Waals surface area contributed by atoms with Crippen LogP contribution in [0.1, 0.15) is 38.7 Å². The number of carbonyl (C=O) groups excluding carboxylic acids is 2. The quantitative estimate of drug-likeness (QED) is 0.641. The Kier molecular flexibility index (Phi) is 8.19. The molecule has 1 unspecified atom stereocenters. The Morgan fingerprint density at radius 3 is 2.67 bits per heavy atom. The number of halogens is 1. The highest BCUT2D eigenvalue weighted by atomic mass is 19.1. The van der Waals surface area contributed by atoms with Gasteiger partial charge in [0.05, 0.1) is 0 Å². The Labute approximate surface area is 159 Å². The number of likely N-dealkylation sites (tertiary alicyclic amines) is 1. The predicted octanol–water partition coefficient (Wildman–Crippen LogP) is 2.01. The lowest BCUT2D eigenvalue weighted by Gasteiger charge is -2.31. The van der Waals surface area contributed by atoms with Crippen LogP contribution in [0.3, 0.4) is 0 Å². The molecule has 2 N–H and O–H groups in total. The average molecular weight is 380 g/mol. The number of benzene rings is 1. The molecular weight excluding hydrogens is 351 g/mol. The van der Waals surface area contributed by atoms with E-state index in [1.165, 1.54) is 6.92 Å². The van der Waals surface area contributed by atoms with Crippen molar-refractivity contribution in [3.8, 4) is 0 Å². The van der Waals surface area contributed by atoms with Gasteiger partial charge in [0.2, 0.25) is 12.3 Å². The maximum Gasteiger partial charge on any atom is 0.325 e. The molecule has 7 heteroatoms. The molecule has 0 bridgehead atoms. The molecule has 1 aliphatic rings. The average Bonchev–Trinajstić information content (AvgIpc) is 2.98. The molecule has 0 spiro atoms. The Bertz CT molecular complexity index is 613. The summed E-state index contributed by atoms with van der Waals surface area (Å²) in [5.41, 5.74) is 0.993. The van der Waals surface area contributed by atoms with Crippen LogP contribution in [0.15, 0.2) is 30.3 Å². The molecule has 0 saturated carbocycles. The lowest BCUT2D eigenvalue weighted by atomic mass is 10.00. The van der Waals surface area contributed by atoms with Gasteiger partial charge in [-0.15, -0.1) is 0 Å². The fourth-order valence-corrected chi connectivity index (χ4v) is 3.55. The maximum atomic E-state index is 13.8. The van der Waals surface area contributed by atoms with Crippen molar-refractivity contribution in [1.29, 1.82) is 0 Å². The molecule has 0 radical (unpaired) electrons. The van der Waals surface area contributed by atoms with Crippen molar-refractivity contribution in [3.63, 3.8) is 0 Å². The van der Waals surface area contributed by atoms with Crippen LogP contribution in [0.25, 0.3) is 0 Å². The number of aliphatic hydroxyl groups is 1. The maximum absolute atomic E-state index is 13.8. The molecule has 1 aliphatic heterocycles. The first-order valence-corrected chi connectivity index (χ1v) is 9.45. The summed E-state index contributed by atoms with van der Waals surface area (Å²) in [7, 11) is 0. The third kappa shape index (κ3) is 6.01. The van der Waals surface area contributed by atoms with Crippen molar-refractivity contribution in [2.75, 3.05) is 13.2 Å². The van der Waals surface area contributed by atoms with E-state index in [0.717, 1.165) is 5.56 Å². The molecule has 1 aromatic rings. The lowest BCUT2D eigenvalue weighted by Crippen LogP contribution is -2.47. The van der Waals surface area contributed by atoms with Gasteiger partial charge in [-0.05, 0) is 18.4 Å². The van der Waals surface area contributed by atoms with Crippen LogP contribution in [-0.2, 0) is 20.9 Å². The van der Waals surface area contributed by atoms with Gasteiger partial charge in [-0.25, -0.2) is 4.39 Å². The van der Waals surface area contributed by atoms with Gasteiger partial charge >= 0.3 is 5.97 Å².